The van der Waals surface area contributed by atoms with Crippen molar-refractivity contribution in [2.45, 2.75) is 6.92 Å². The average Bonchev–Trinajstić information content (AvgIpc) is 2.48. The van der Waals surface area contributed by atoms with Crippen LogP contribution in [0.5, 0.6) is 11.5 Å². The number of nitro groups is 1. The number of aromatic nitrogens is 1. The largest absolute Gasteiger partial charge is 0.457 e. The molecule has 0 aliphatic rings. The highest BCUT2D eigenvalue weighted by atomic mass is 19.1. The van der Waals surface area contributed by atoms with Gasteiger partial charge >= 0.3 is 5.69 Å². The molecule has 120 valence electrons. The summed E-state index contributed by atoms with van der Waals surface area (Å²) >= 11 is 0. The van der Waals surface area contributed by atoms with E-state index in [0.29, 0.717) is 17.1 Å². The molecule has 0 atom stereocenters. The number of halogens is 1. The van der Waals surface area contributed by atoms with Crippen LogP contribution in [-0.2, 0) is 0 Å². The molecule has 0 amide bonds. The lowest BCUT2D eigenvalue weighted by atomic mass is 10.2. The zero-order valence-electron chi connectivity index (χ0n) is 12.9. The van der Waals surface area contributed by atoms with E-state index in [-0.39, 0.29) is 5.75 Å². The van der Waals surface area contributed by atoms with Gasteiger partial charge in [-0.3, -0.25) is 10.1 Å². The van der Waals surface area contributed by atoms with Crippen LogP contribution in [0.3, 0.4) is 0 Å². The highest BCUT2D eigenvalue weighted by molar-refractivity contribution is 5.59. The van der Waals surface area contributed by atoms with Gasteiger partial charge in [0.25, 0.3) is 0 Å². The van der Waals surface area contributed by atoms with Crippen molar-refractivity contribution in [2.75, 3.05) is 14.1 Å². The van der Waals surface area contributed by atoms with E-state index in [9.17, 15) is 14.5 Å². The van der Waals surface area contributed by atoms with Gasteiger partial charge in [-0.1, -0.05) is 0 Å². The van der Waals surface area contributed by atoms with Gasteiger partial charge in [0.2, 0.25) is 5.82 Å². The second-order valence-corrected chi connectivity index (χ2v) is 4.99. The first-order chi connectivity index (χ1) is 10.9. The summed E-state index contributed by atoms with van der Waals surface area (Å²) in [7, 11) is 3.65. The van der Waals surface area contributed by atoms with Crippen molar-refractivity contribution in [1.29, 1.82) is 0 Å². The van der Waals surface area contributed by atoms with E-state index in [2.05, 4.69) is 9.98 Å². The van der Waals surface area contributed by atoms with E-state index in [1.165, 1.54) is 6.20 Å². The summed E-state index contributed by atoms with van der Waals surface area (Å²) in [5.74, 6) is 0.0795. The van der Waals surface area contributed by atoms with Crippen LogP contribution in [0.15, 0.2) is 35.5 Å². The van der Waals surface area contributed by atoms with Crippen molar-refractivity contribution >= 4 is 17.8 Å². The number of aliphatic imine (C=N–C) groups is 1. The summed E-state index contributed by atoms with van der Waals surface area (Å²) in [5.41, 5.74) is -0.130. The number of nitrogens with zero attached hydrogens (tertiary/aromatic N) is 4. The predicted molar refractivity (Wildman–Crippen MR) is 83.9 cm³/mol. The van der Waals surface area contributed by atoms with E-state index < -0.39 is 16.4 Å². The highest BCUT2D eigenvalue weighted by Gasteiger charge is 2.17. The van der Waals surface area contributed by atoms with Gasteiger partial charge in [0.05, 0.1) is 11.3 Å². The Morgan fingerprint density at radius 2 is 2.13 bits per heavy atom. The van der Waals surface area contributed by atoms with Crippen molar-refractivity contribution in [1.82, 2.24) is 9.88 Å². The molecule has 8 heteroatoms. The number of hydrogen-bond donors (Lipinski definition) is 0. The quantitative estimate of drug-likeness (QED) is 0.365. The van der Waals surface area contributed by atoms with Gasteiger partial charge in [0.15, 0.2) is 5.82 Å². The molecule has 0 N–H and O–H groups in total. The maximum atomic E-state index is 13.7. The van der Waals surface area contributed by atoms with Crippen molar-refractivity contribution in [3.8, 4) is 11.5 Å². The van der Waals surface area contributed by atoms with Crippen LogP contribution in [0.2, 0.25) is 0 Å². The SMILES string of the molecule is Cc1cc([N+](=O)[O-])c(F)cc1Oc1ccnc(N=CN(C)C)c1. The molecule has 1 aromatic carbocycles. The number of pyridine rings is 1. The van der Waals surface area contributed by atoms with E-state index in [4.69, 9.17) is 4.74 Å². The molecule has 0 aliphatic heterocycles. The van der Waals surface area contributed by atoms with Crippen molar-refractivity contribution in [2.24, 2.45) is 4.99 Å². The molecule has 0 saturated heterocycles. The predicted octanol–water partition coefficient (Wildman–Crippen LogP) is 3.45. The maximum Gasteiger partial charge on any atom is 0.305 e. The Hall–Kier alpha value is -3.03. The van der Waals surface area contributed by atoms with Crippen molar-refractivity contribution in [3.63, 3.8) is 0 Å². The summed E-state index contributed by atoms with van der Waals surface area (Å²) in [4.78, 5) is 19.9. The Labute approximate surface area is 132 Å². The van der Waals surface area contributed by atoms with Crippen molar-refractivity contribution < 1.29 is 14.1 Å². The second kappa shape index (κ2) is 6.82. The van der Waals surface area contributed by atoms with E-state index >= 15 is 0 Å². The summed E-state index contributed by atoms with van der Waals surface area (Å²) in [6, 6.07) is 5.31. The topological polar surface area (TPSA) is 80.9 Å². The van der Waals surface area contributed by atoms with Gasteiger partial charge in [0, 0.05) is 38.5 Å². The molecule has 2 aromatic rings. The third-order valence-corrected chi connectivity index (χ3v) is 2.81. The maximum absolute atomic E-state index is 13.7. The Kier molecular flexibility index (Phi) is 4.85. The Morgan fingerprint density at radius 3 is 2.78 bits per heavy atom. The molecular weight excluding hydrogens is 303 g/mol. The fourth-order valence-corrected chi connectivity index (χ4v) is 1.73. The summed E-state index contributed by atoms with van der Waals surface area (Å²) in [5, 5.41) is 10.7. The van der Waals surface area contributed by atoms with E-state index in [1.54, 1.807) is 30.3 Å². The van der Waals surface area contributed by atoms with E-state index in [0.717, 1.165) is 12.1 Å². The Balaban J connectivity index is 2.27. The first-order valence-electron chi connectivity index (χ1n) is 6.66. The van der Waals surface area contributed by atoms with Gasteiger partial charge in [-0.05, 0) is 18.6 Å². The number of ether oxygens (including phenoxy) is 1. The van der Waals surface area contributed by atoms with Crippen LogP contribution < -0.4 is 4.74 Å². The first-order valence-corrected chi connectivity index (χ1v) is 6.66. The summed E-state index contributed by atoms with van der Waals surface area (Å²) in [6.07, 6.45) is 3.09. The molecule has 7 nitrogen and oxygen atoms in total. The van der Waals surface area contributed by atoms with Gasteiger partial charge in [-0.2, -0.15) is 4.39 Å². The zero-order chi connectivity index (χ0) is 17.0. The van der Waals surface area contributed by atoms with Gasteiger partial charge < -0.3 is 9.64 Å². The number of nitro benzene ring substituents is 1. The summed E-state index contributed by atoms with van der Waals surface area (Å²) in [6.45, 7) is 1.61. The van der Waals surface area contributed by atoms with Crippen LogP contribution in [0, 0.1) is 22.9 Å². The zero-order valence-corrected chi connectivity index (χ0v) is 12.9. The van der Waals surface area contributed by atoms with Gasteiger partial charge in [0.1, 0.15) is 11.5 Å². The normalized spacial score (nSPS) is 10.8. The third kappa shape index (κ3) is 4.22. The monoisotopic (exact) mass is 318 g/mol. The molecule has 0 radical (unpaired) electrons. The Bertz CT molecular complexity index is 762. The minimum Gasteiger partial charge on any atom is -0.457 e. The minimum atomic E-state index is -0.949. The second-order valence-electron chi connectivity index (χ2n) is 4.99. The minimum absolute atomic E-state index is 0.196. The smallest absolute Gasteiger partial charge is 0.305 e. The molecule has 0 spiro atoms. The highest BCUT2D eigenvalue weighted by Crippen LogP contribution is 2.31. The van der Waals surface area contributed by atoms with Crippen LogP contribution in [-0.4, -0.2) is 35.2 Å². The van der Waals surface area contributed by atoms with Crippen LogP contribution in [0.4, 0.5) is 15.9 Å². The van der Waals surface area contributed by atoms with Crippen LogP contribution >= 0.6 is 0 Å². The Morgan fingerprint density at radius 1 is 1.39 bits per heavy atom. The molecular formula is C15H15FN4O3. The lowest BCUT2D eigenvalue weighted by Crippen LogP contribution is -2.07. The molecule has 2 rings (SSSR count). The lowest BCUT2D eigenvalue weighted by Gasteiger charge is -2.09. The number of hydrogen-bond acceptors (Lipinski definition) is 5. The van der Waals surface area contributed by atoms with Crippen LogP contribution in [0.25, 0.3) is 0 Å². The third-order valence-electron chi connectivity index (χ3n) is 2.81. The van der Waals surface area contributed by atoms with Gasteiger partial charge in [-0.15, -0.1) is 0 Å². The summed E-state index contributed by atoms with van der Waals surface area (Å²) < 4.78 is 19.3. The standard InChI is InChI=1S/C15H15FN4O3/c1-10-6-13(20(21)22)12(16)8-14(10)23-11-4-5-17-15(7-11)18-9-19(2)3/h4-9H,1-3H3. The number of benzene rings is 1. The fourth-order valence-electron chi connectivity index (χ4n) is 1.73. The van der Waals surface area contributed by atoms with Crippen molar-refractivity contribution in [3.05, 3.63) is 52.0 Å². The average molecular weight is 318 g/mol. The lowest BCUT2D eigenvalue weighted by molar-refractivity contribution is -0.387. The molecule has 0 fully saturated rings. The van der Waals surface area contributed by atoms with Gasteiger partial charge in [-0.25, -0.2) is 9.98 Å². The molecule has 23 heavy (non-hydrogen) atoms. The number of aryl methyl sites for hydroxylation is 1. The number of rotatable bonds is 5. The van der Waals surface area contributed by atoms with Crippen LogP contribution in [0.1, 0.15) is 5.56 Å². The fraction of sp³-hybridized carbons (Fsp3) is 0.200. The first kappa shape index (κ1) is 16.3. The molecule has 1 heterocycles. The molecule has 0 saturated carbocycles. The molecule has 0 aliphatic carbocycles. The molecule has 0 unspecified atom stereocenters. The molecule has 1 aromatic heterocycles. The molecule has 0 bridgehead atoms. The van der Waals surface area contributed by atoms with E-state index in [1.807, 2.05) is 14.1 Å².